The van der Waals surface area contributed by atoms with Crippen LogP contribution in [-0.2, 0) is 0 Å². The average Bonchev–Trinajstić information content (AvgIpc) is 2.17. The molecule has 1 aromatic heterocycles. The van der Waals surface area contributed by atoms with Crippen molar-refractivity contribution in [3.8, 4) is 0 Å². The maximum absolute atomic E-state index is 5.89. The Hall–Kier alpha value is -1.09. The highest BCUT2D eigenvalue weighted by molar-refractivity contribution is 5.36. The van der Waals surface area contributed by atoms with Gasteiger partial charge in [0, 0.05) is 18.3 Å². The minimum absolute atomic E-state index is 0.107. The molecule has 1 atom stereocenters. The third-order valence-corrected chi connectivity index (χ3v) is 2.09. The van der Waals surface area contributed by atoms with Crippen molar-refractivity contribution in [2.24, 2.45) is 5.73 Å². The van der Waals surface area contributed by atoms with Crippen LogP contribution in [0.5, 0.6) is 0 Å². The second-order valence-electron chi connectivity index (χ2n) is 3.79. The molecule has 1 heterocycles. The maximum atomic E-state index is 5.89. The van der Waals surface area contributed by atoms with E-state index in [1.165, 1.54) is 0 Å². The summed E-state index contributed by atoms with van der Waals surface area (Å²) >= 11 is 0. The first kappa shape index (κ1) is 11.0. The van der Waals surface area contributed by atoms with E-state index in [0.29, 0.717) is 6.04 Å². The topological polar surface area (TPSA) is 50.9 Å². The van der Waals surface area contributed by atoms with Gasteiger partial charge in [-0.2, -0.15) is 0 Å². The predicted octanol–water partition coefficient (Wildman–Crippen LogP) is 2.31. The van der Waals surface area contributed by atoms with E-state index in [0.717, 1.165) is 17.8 Å². The van der Waals surface area contributed by atoms with E-state index in [4.69, 9.17) is 5.73 Å². The average molecular weight is 193 g/mol. The largest absolute Gasteiger partial charge is 0.368 e. The van der Waals surface area contributed by atoms with Crippen LogP contribution >= 0.6 is 0 Å². The highest BCUT2D eigenvalue weighted by Crippen LogP contribution is 2.14. The molecule has 0 saturated heterocycles. The van der Waals surface area contributed by atoms with Crippen molar-refractivity contribution in [1.29, 1.82) is 0 Å². The van der Waals surface area contributed by atoms with Gasteiger partial charge in [-0.15, -0.1) is 0 Å². The highest BCUT2D eigenvalue weighted by atomic mass is 15.0. The van der Waals surface area contributed by atoms with E-state index >= 15 is 0 Å². The number of nitrogens with two attached hydrogens (primary N) is 1. The first-order valence-corrected chi connectivity index (χ1v) is 5.11. The second-order valence-corrected chi connectivity index (χ2v) is 3.79. The maximum Gasteiger partial charge on any atom is 0.126 e. The fourth-order valence-corrected chi connectivity index (χ4v) is 1.24. The van der Waals surface area contributed by atoms with Crippen molar-refractivity contribution in [3.05, 3.63) is 23.9 Å². The lowest BCUT2D eigenvalue weighted by atomic mass is 10.1. The molecule has 3 nitrogen and oxygen atoms in total. The van der Waals surface area contributed by atoms with Gasteiger partial charge in [-0.05, 0) is 31.9 Å². The Kier molecular flexibility index (Phi) is 3.89. The summed E-state index contributed by atoms with van der Waals surface area (Å²) in [7, 11) is 0. The number of hydrogen-bond donors (Lipinski definition) is 2. The Bertz CT molecular complexity index is 266. The van der Waals surface area contributed by atoms with Crippen LogP contribution in [0, 0.1) is 0 Å². The normalized spacial score (nSPS) is 12.9. The van der Waals surface area contributed by atoms with E-state index in [1.54, 1.807) is 0 Å². The zero-order valence-electron chi connectivity index (χ0n) is 9.12. The van der Waals surface area contributed by atoms with Crippen LogP contribution in [0.1, 0.15) is 38.8 Å². The molecule has 1 rings (SSSR count). The van der Waals surface area contributed by atoms with Gasteiger partial charge in [-0.1, -0.05) is 13.0 Å². The van der Waals surface area contributed by atoms with Crippen LogP contribution < -0.4 is 11.1 Å². The van der Waals surface area contributed by atoms with Gasteiger partial charge in [0.1, 0.15) is 5.82 Å². The molecular weight excluding hydrogens is 174 g/mol. The van der Waals surface area contributed by atoms with Crippen molar-refractivity contribution < 1.29 is 0 Å². The lowest BCUT2D eigenvalue weighted by Crippen LogP contribution is -2.12. The molecule has 1 aromatic rings. The lowest BCUT2D eigenvalue weighted by Gasteiger charge is -2.11. The number of rotatable bonds is 4. The van der Waals surface area contributed by atoms with Crippen molar-refractivity contribution in [2.45, 2.75) is 39.3 Å². The minimum atomic E-state index is 0.107. The Morgan fingerprint density at radius 1 is 1.43 bits per heavy atom. The van der Waals surface area contributed by atoms with E-state index in [1.807, 2.05) is 18.3 Å². The summed E-state index contributed by atoms with van der Waals surface area (Å²) in [5, 5.41) is 3.24. The summed E-state index contributed by atoms with van der Waals surface area (Å²) in [6.45, 7) is 6.26. The molecule has 0 aliphatic heterocycles. The molecule has 0 unspecified atom stereocenters. The standard InChI is InChI=1S/C11H19N3/c1-4-10(12)9-5-6-11(13-7-9)14-8(2)3/h5-8,10H,4,12H2,1-3H3,(H,13,14)/t10-/m1/s1. The molecule has 3 heteroatoms. The van der Waals surface area contributed by atoms with Crippen LogP contribution in [0.4, 0.5) is 5.82 Å². The number of nitrogens with one attached hydrogen (secondary N) is 1. The third kappa shape index (κ3) is 3.00. The Morgan fingerprint density at radius 2 is 2.14 bits per heavy atom. The lowest BCUT2D eigenvalue weighted by molar-refractivity contribution is 0.695. The Morgan fingerprint density at radius 3 is 2.57 bits per heavy atom. The summed E-state index contributed by atoms with van der Waals surface area (Å²) in [5.41, 5.74) is 6.98. The summed E-state index contributed by atoms with van der Waals surface area (Å²) in [4.78, 5) is 4.30. The molecule has 0 aliphatic rings. The van der Waals surface area contributed by atoms with Gasteiger partial charge >= 0.3 is 0 Å². The Labute approximate surface area is 85.7 Å². The van der Waals surface area contributed by atoms with E-state index < -0.39 is 0 Å². The molecule has 0 radical (unpaired) electrons. The van der Waals surface area contributed by atoms with Gasteiger partial charge in [-0.25, -0.2) is 4.98 Å². The van der Waals surface area contributed by atoms with Crippen LogP contribution in [0.25, 0.3) is 0 Å². The molecule has 0 fully saturated rings. The molecule has 0 bridgehead atoms. The van der Waals surface area contributed by atoms with Crippen molar-refractivity contribution >= 4 is 5.82 Å². The van der Waals surface area contributed by atoms with Crippen molar-refractivity contribution in [1.82, 2.24) is 4.98 Å². The first-order chi connectivity index (χ1) is 6.63. The smallest absolute Gasteiger partial charge is 0.126 e. The van der Waals surface area contributed by atoms with Crippen molar-refractivity contribution in [2.75, 3.05) is 5.32 Å². The Balaban J connectivity index is 2.68. The van der Waals surface area contributed by atoms with Crippen molar-refractivity contribution in [3.63, 3.8) is 0 Å². The number of nitrogens with zero attached hydrogens (tertiary/aromatic N) is 1. The molecule has 0 spiro atoms. The third-order valence-electron chi connectivity index (χ3n) is 2.09. The molecule has 3 N–H and O–H groups in total. The van der Waals surface area contributed by atoms with E-state index in [9.17, 15) is 0 Å². The van der Waals surface area contributed by atoms with E-state index in [2.05, 4.69) is 31.1 Å². The van der Waals surface area contributed by atoms with Gasteiger partial charge in [0.05, 0.1) is 0 Å². The molecule has 14 heavy (non-hydrogen) atoms. The highest BCUT2D eigenvalue weighted by Gasteiger charge is 2.03. The monoisotopic (exact) mass is 193 g/mol. The van der Waals surface area contributed by atoms with Gasteiger partial charge in [0.25, 0.3) is 0 Å². The fraction of sp³-hybridized carbons (Fsp3) is 0.545. The molecule has 0 aliphatic carbocycles. The van der Waals surface area contributed by atoms with Crippen LogP contribution in [0.3, 0.4) is 0 Å². The van der Waals surface area contributed by atoms with Gasteiger partial charge in [0.15, 0.2) is 0 Å². The zero-order chi connectivity index (χ0) is 10.6. The zero-order valence-corrected chi connectivity index (χ0v) is 9.12. The molecule has 0 saturated carbocycles. The summed E-state index contributed by atoms with van der Waals surface area (Å²) in [5.74, 6) is 0.909. The van der Waals surface area contributed by atoms with Gasteiger partial charge < -0.3 is 11.1 Å². The second kappa shape index (κ2) is 4.96. The first-order valence-electron chi connectivity index (χ1n) is 5.11. The quantitative estimate of drug-likeness (QED) is 0.771. The predicted molar refractivity (Wildman–Crippen MR) is 60.2 cm³/mol. The molecular formula is C11H19N3. The number of anilines is 1. The molecule has 0 aromatic carbocycles. The van der Waals surface area contributed by atoms with E-state index in [-0.39, 0.29) is 6.04 Å². The molecule has 0 amide bonds. The summed E-state index contributed by atoms with van der Waals surface area (Å²) in [6, 6.07) is 4.53. The fourth-order valence-electron chi connectivity index (χ4n) is 1.24. The summed E-state index contributed by atoms with van der Waals surface area (Å²) < 4.78 is 0. The number of aromatic nitrogens is 1. The van der Waals surface area contributed by atoms with Gasteiger partial charge in [0.2, 0.25) is 0 Å². The van der Waals surface area contributed by atoms with Crippen LogP contribution in [0.2, 0.25) is 0 Å². The van der Waals surface area contributed by atoms with Crippen LogP contribution in [0.15, 0.2) is 18.3 Å². The number of pyridine rings is 1. The number of hydrogen-bond acceptors (Lipinski definition) is 3. The SMILES string of the molecule is CC[C@@H](N)c1ccc(NC(C)C)nc1. The summed E-state index contributed by atoms with van der Waals surface area (Å²) in [6.07, 6.45) is 2.79. The minimum Gasteiger partial charge on any atom is -0.368 e. The van der Waals surface area contributed by atoms with Crippen LogP contribution in [-0.4, -0.2) is 11.0 Å². The van der Waals surface area contributed by atoms with Gasteiger partial charge in [-0.3, -0.25) is 0 Å². The molecule has 78 valence electrons.